The molecule has 2 aromatic heterocycles. The van der Waals surface area contributed by atoms with Gasteiger partial charge in [0.25, 0.3) is 0 Å². The zero-order valence-electron chi connectivity index (χ0n) is 7.97. The molecule has 0 amide bonds. The molecular weight excluding hydrogens is 212 g/mol. The molecule has 0 unspecified atom stereocenters. The fourth-order valence-corrected chi connectivity index (χ4v) is 1.45. The summed E-state index contributed by atoms with van der Waals surface area (Å²) in [5.74, 6) is 0. The van der Waals surface area contributed by atoms with Crippen molar-refractivity contribution >= 4 is 11.8 Å². The fourth-order valence-electron chi connectivity index (χ4n) is 1.10. The van der Waals surface area contributed by atoms with Gasteiger partial charge < -0.3 is 4.98 Å². The van der Waals surface area contributed by atoms with E-state index in [2.05, 4.69) is 19.9 Å². The van der Waals surface area contributed by atoms with Gasteiger partial charge in [-0.2, -0.15) is 4.98 Å². The quantitative estimate of drug-likeness (QED) is 0.602. The minimum absolute atomic E-state index is 0.378. The van der Waals surface area contributed by atoms with Gasteiger partial charge in [-0.3, -0.25) is 0 Å². The van der Waals surface area contributed by atoms with Gasteiger partial charge in [0, 0.05) is 12.4 Å². The molecule has 5 nitrogen and oxygen atoms in total. The SMILES string of the molecule is CSc1nccc(-c2cc[nH]c(=O)n2)n1. The molecule has 0 bridgehead atoms. The molecule has 1 N–H and O–H groups in total. The van der Waals surface area contributed by atoms with Gasteiger partial charge in [-0.05, 0) is 18.4 Å². The Morgan fingerprint density at radius 2 is 2.07 bits per heavy atom. The van der Waals surface area contributed by atoms with E-state index in [0.29, 0.717) is 16.5 Å². The van der Waals surface area contributed by atoms with Crippen molar-refractivity contribution in [1.29, 1.82) is 0 Å². The maximum absolute atomic E-state index is 11.0. The minimum Gasteiger partial charge on any atom is -0.313 e. The first-order chi connectivity index (χ1) is 7.29. The Balaban J connectivity index is 2.49. The van der Waals surface area contributed by atoms with Crippen LogP contribution in [-0.2, 0) is 0 Å². The molecular formula is C9H8N4OS. The van der Waals surface area contributed by atoms with Crippen molar-refractivity contribution in [1.82, 2.24) is 19.9 Å². The van der Waals surface area contributed by atoms with Crippen LogP contribution in [0.15, 0.2) is 34.5 Å². The summed E-state index contributed by atoms with van der Waals surface area (Å²) in [5.41, 5.74) is 0.828. The zero-order valence-corrected chi connectivity index (χ0v) is 8.78. The average molecular weight is 220 g/mol. The third kappa shape index (κ3) is 2.21. The van der Waals surface area contributed by atoms with E-state index in [9.17, 15) is 4.79 Å². The summed E-state index contributed by atoms with van der Waals surface area (Å²) in [4.78, 5) is 25.5. The Bertz CT molecular complexity index is 525. The van der Waals surface area contributed by atoms with Crippen LogP contribution in [0.4, 0.5) is 0 Å². The van der Waals surface area contributed by atoms with E-state index in [0.717, 1.165) is 0 Å². The molecule has 76 valence electrons. The standard InChI is InChI=1S/C9H8N4OS/c1-15-9-11-5-3-7(13-9)6-2-4-10-8(14)12-6/h2-5H,1H3,(H,10,12,14). The second-order valence-electron chi connectivity index (χ2n) is 2.71. The van der Waals surface area contributed by atoms with Gasteiger partial charge in [-0.1, -0.05) is 11.8 Å². The number of nitrogens with one attached hydrogen (secondary N) is 1. The van der Waals surface area contributed by atoms with Crippen molar-refractivity contribution < 1.29 is 0 Å². The summed E-state index contributed by atoms with van der Waals surface area (Å²) in [5, 5.41) is 0.662. The smallest absolute Gasteiger partial charge is 0.313 e. The van der Waals surface area contributed by atoms with E-state index < -0.39 is 0 Å². The average Bonchev–Trinajstić information content (AvgIpc) is 2.29. The van der Waals surface area contributed by atoms with Gasteiger partial charge in [0.1, 0.15) is 0 Å². The van der Waals surface area contributed by atoms with Crippen LogP contribution >= 0.6 is 11.8 Å². The van der Waals surface area contributed by atoms with Crippen LogP contribution < -0.4 is 5.69 Å². The van der Waals surface area contributed by atoms with Crippen LogP contribution in [0.2, 0.25) is 0 Å². The molecule has 0 atom stereocenters. The number of hydrogen-bond acceptors (Lipinski definition) is 5. The van der Waals surface area contributed by atoms with E-state index >= 15 is 0 Å². The molecule has 2 aromatic rings. The van der Waals surface area contributed by atoms with Crippen LogP contribution in [0, 0.1) is 0 Å². The third-order valence-corrected chi connectivity index (χ3v) is 2.31. The Kier molecular flexibility index (Phi) is 2.77. The first-order valence-electron chi connectivity index (χ1n) is 4.23. The van der Waals surface area contributed by atoms with E-state index in [1.807, 2.05) is 6.26 Å². The molecule has 6 heteroatoms. The van der Waals surface area contributed by atoms with Crippen molar-refractivity contribution in [3.63, 3.8) is 0 Å². The second-order valence-corrected chi connectivity index (χ2v) is 3.48. The first-order valence-corrected chi connectivity index (χ1v) is 5.45. The van der Waals surface area contributed by atoms with Crippen molar-refractivity contribution in [3.05, 3.63) is 35.0 Å². The summed E-state index contributed by atoms with van der Waals surface area (Å²) in [6.45, 7) is 0. The number of aromatic nitrogens is 4. The van der Waals surface area contributed by atoms with Gasteiger partial charge >= 0.3 is 5.69 Å². The molecule has 0 saturated heterocycles. The lowest BCUT2D eigenvalue weighted by atomic mass is 10.3. The monoisotopic (exact) mass is 220 g/mol. The van der Waals surface area contributed by atoms with Crippen molar-refractivity contribution in [2.24, 2.45) is 0 Å². The van der Waals surface area contributed by atoms with E-state index in [1.165, 1.54) is 11.8 Å². The summed E-state index contributed by atoms with van der Waals surface area (Å²) < 4.78 is 0. The largest absolute Gasteiger partial charge is 0.345 e. The topological polar surface area (TPSA) is 71.5 Å². The lowest BCUT2D eigenvalue weighted by Gasteiger charge is -1.99. The van der Waals surface area contributed by atoms with Gasteiger partial charge in [0.15, 0.2) is 5.16 Å². The van der Waals surface area contributed by atoms with Gasteiger partial charge in [0.05, 0.1) is 11.4 Å². The molecule has 15 heavy (non-hydrogen) atoms. The summed E-state index contributed by atoms with van der Waals surface area (Å²) in [6, 6.07) is 3.43. The Hall–Kier alpha value is -1.69. The number of H-pyrrole nitrogens is 1. The molecule has 2 rings (SSSR count). The summed E-state index contributed by atoms with van der Waals surface area (Å²) in [7, 11) is 0. The number of nitrogens with zero attached hydrogens (tertiary/aromatic N) is 3. The van der Waals surface area contributed by atoms with Gasteiger partial charge in [0.2, 0.25) is 0 Å². The fraction of sp³-hybridized carbons (Fsp3) is 0.111. The lowest BCUT2D eigenvalue weighted by molar-refractivity contribution is 0.963. The number of hydrogen-bond donors (Lipinski definition) is 1. The van der Waals surface area contributed by atoms with E-state index in [-0.39, 0.29) is 5.69 Å². The van der Waals surface area contributed by atoms with Crippen LogP contribution in [0.3, 0.4) is 0 Å². The highest BCUT2D eigenvalue weighted by Crippen LogP contribution is 2.14. The van der Waals surface area contributed by atoms with Crippen LogP contribution in [0.5, 0.6) is 0 Å². The predicted molar refractivity (Wildman–Crippen MR) is 57.7 cm³/mol. The molecule has 0 aromatic carbocycles. The number of rotatable bonds is 2. The van der Waals surface area contributed by atoms with Crippen LogP contribution in [0.1, 0.15) is 0 Å². The lowest BCUT2D eigenvalue weighted by Crippen LogP contribution is -2.09. The number of thioether (sulfide) groups is 1. The predicted octanol–water partition coefficient (Wildman–Crippen LogP) is 0.949. The summed E-state index contributed by atoms with van der Waals surface area (Å²) in [6.07, 6.45) is 5.09. The highest BCUT2D eigenvalue weighted by atomic mass is 32.2. The molecule has 0 aliphatic heterocycles. The maximum atomic E-state index is 11.0. The van der Waals surface area contributed by atoms with E-state index in [1.54, 1.807) is 24.5 Å². The third-order valence-electron chi connectivity index (χ3n) is 1.75. The molecule has 0 saturated carbocycles. The summed E-state index contributed by atoms with van der Waals surface area (Å²) >= 11 is 1.45. The van der Waals surface area contributed by atoms with Crippen LogP contribution in [0.25, 0.3) is 11.4 Å². The van der Waals surface area contributed by atoms with Crippen molar-refractivity contribution in [2.75, 3.05) is 6.26 Å². The highest BCUT2D eigenvalue weighted by molar-refractivity contribution is 7.98. The molecule has 0 aliphatic rings. The number of aromatic amines is 1. The molecule has 0 aliphatic carbocycles. The Labute approximate surface area is 90.0 Å². The normalized spacial score (nSPS) is 10.2. The molecule has 2 heterocycles. The molecule has 0 fully saturated rings. The molecule has 0 radical (unpaired) electrons. The van der Waals surface area contributed by atoms with Crippen LogP contribution in [-0.4, -0.2) is 26.2 Å². The maximum Gasteiger partial charge on any atom is 0.345 e. The molecule has 0 spiro atoms. The zero-order chi connectivity index (χ0) is 10.7. The van der Waals surface area contributed by atoms with Gasteiger partial charge in [-0.15, -0.1) is 0 Å². The van der Waals surface area contributed by atoms with Gasteiger partial charge in [-0.25, -0.2) is 14.8 Å². The van der Waals surface area contributed by atoms with Crippen molar-refractivity contribution in [2.45, 2.75) is 5.16 Å². The minimum atomic E-state index is -0.378. The van der Waals surface area contributed by atoms with E-state index in [4.69, 9.17) is 0 Å². The Morgan fingerprint density at radius 3 is 2.80 bits per heavy atom. The first kappa shape index (κ1) is 9.85. The second kappa shape index (κ2) is 4.22. The Morgan fingerprint density at radius 1 is 1.27 bits per heavy atom. The highest BCUT2D eigenvalue weighted by Gasteiger charge is 2.02. The van der Waals surface area contributed by atoms with Crippen molar-refractivity contribution in [3.8, 4) is 11.4 Å².